The fraction of sp³-hybridized carbons (Fsp3) is 0.0667. The molecule has 2 heteroatoms. The van der Waals surface area contributed by atoms with Crippen molar-refractivity contribution in [2.45, 2.75) is 13.0 Å². The molecule has 0 amide bonds. The molecule has 0 radical (unpaired) electrons. The maximum atomic E-state index is 6.59. The van der Waals surface area contributed by atoms with Crippen LogP contribution in [0.4, 0.5) is 0 Å². The molecule has 0 saturated carbocycles. The smallest absolute Gasteiger partial charge is 0.131 e. The zero-order valence-corrected chi connectivity index (χ0v) is 26.0. The van der Waals surface area contributed by atoms with Gasteiger partial charge < -0.3 is 9.30 Å². The van der Waals surface area contributed by atoms with E-state index in [0.717, 1.165) is 5.75 Å². The number of ether oxygens (including phenoxy) is 1. The van der Waals surface area contributed by atoms with Gasteiger partial charge in [-0.3, -0.25) is 0 Å². The summed E-state index contributed by atoms with van der Waals surface area (Å²) in [6.45, 7) is 2.28. The Morgan fingerprint density at radius 3 is 2.06 bits per heavy atom. The van der Waals surface area contributed by atoms with E-state index in [2.05, 4.69) is 169 Å². The lowest BCUT2D eigenvalue weighted by molar-refractivity contribution is 0.162. The summed E-state index contributed by atoms with van der Waals surface area (Å²) in [4.78, 5) is 0. The minimum Gasteiger partial charge on any atom is -0.484 e. The molecule has 0 bridgehead atoms. The highest BCUT2D eigenvalue weighted by Gasteiger charge is 2.35. The van der Waals surface area contributed by atoms with Crippen molar-refractivity contribution < 1.29 is 4.74 Å². The number of aromatic nitrogens is 1. The SMILES string of the molecule is CC1C=C(c2ccc(-c3cccc4c3ccc3c4c4ccccc4n3-c3ccccc3)cc2)c2cccc3c2C1Oc1ccccc1-3. The molecule has 47 heavy (non-hydrogen) atoms. The molecular formula is C45H31NO. The van der Waals surface area contributed by atoms with E-state index in [1.54, 1.807) is 0 Å². The first-order valence-corrected chi connectivity index (χ1v) is 16.5. The first-order valence-electron chi connectivity index (χ1n) is 16.5. The van der Waals surface area contributed by atoms with Crippen LogP contribution in [-0.2, 0) is 0 Å². The van der Waals surface area contributed by atoms with Crippen LogP contribution < -0.4 is 4.74 Å². The Kier molecular flexibility index (Phi) is 5.65. The quantitative estimate of drug-likeness (QED) is 0.196. The van der Waals surface area contributed by atoms with Gasteiger partial charge in [-0.1, -0.05) is 134 Å². The number of para-hydroxylation sites is 3. The van der Waals surface area contributed by atoms with Crippen molar-refractivity contribution in [3.05, 3.63) is 174 Å². The molecule has 2 aliphatic rings. The van der Waals surface area contributed by atoms with Crippen molar-refractivity contribution in [2.24, 2.45) is 5.92 Å². The van der Waals surface area contributed by atoms with Crippen molar-refractivity contribution in [3.8, 4) is 33.7 Å². The van der Waals surface area contributed by atoms with Gasteiger partial charge in [-0.25, -0.2) is 0 Å². The van der Waals surface area contributed by atoms with E-state index in [1.807, 2.05) is 0 Å². The highest BCUT2D eigenvalue weighted by Crippen LogP contribution is 2.51. The molecule has 2 unspecified atom stereocenters. The van der Waals surface area contributed by atoms with Crippen molar-refractivity contribution >= 4 is 38.2 Å². The number of benzene rings is 7. The second kappa shape index (κ2) is 10.1. The fourth-order valence-electron chi connectivity index (χ4n) is 8.15. The Hall–Kier alpha value is -5.86. The number of hydrogen-bond acceptors (Lipinski definition) is 1. The third-order valence-corrected chi connectivity index (χ3v) is 10.2. The number of rotatable bonds is 3. The molecule has 7 aromatic carbocycles. The minimum atomic E-state index is 0.0273. The first kappa shape index (κ1) is 26.4. The van der Waals surface area contributed by atoms with Crippen molar-refractivity contribution in [2.75, 3.05) is 0 Å². The number of hydrogen-bond donors (Lipinski definition) is 0. The van der Waals surface area contributed by atoms with Crippen LogP contribution in [0.15, 0.2) is 158 Å². The van der Waals surface area contributed by atoms with Crippen LogP contribution in [-0.4, -0.2) is 4.57 Å². The van der Waals surface area contributed by atoms with Crippen LogP contribution in [0.1, 0.15) is 29.7 Å². The van der Waals surface area contributed by atoms with Crippen LogP contribution in [0.3, 0.4) is 0 Å². The summed E-state index contributed by atoms with van der Waals surface area (Å²) in [5.74, 6) is 1.23. The largest absolute Gasteiger partial charge is 0.484 e. The molecule has 0 spiro atoms. The molecule has 2 atom stereocenters. The molecule has 8 aromatic rings. The normalized spacial score (nSPS) is 16.5. The molecule has 0 N–H and O–H groups in total. The monoisotopic (exact) mass is 601 g/mol. The van der Waals surface area contributed by atoms with Gasteiger partial charge in [0.15, 0.2) is 0 Å². The molecular weight excluding hydrogens is 571 g/mol. The summed E-state index contributed by atoms with van der Waals surface area (Å²) in [6, 6.07) is 55.1. The maximum absolute atomic E-state index is 6.59. The Morgan fingerprint density at radius 1 is 0.489 bits per heavy atom. The molecule has 2 heterocycles. The van der Waals surface area contributed by atoms with Gasteiger partial charge in [0, 0.05) is 33.5 Å². The van der Waals surface area contributed by atoms with Crippen molar-refractivity contribution in [1.82, 2.24) is 4.57 Å². The van der Waals surface area contributed by atoms with Crippen LogP contribution in [0.2, 0.25) is 0 Å². The third-order valence-electron chi connectivity index (χ3n) is 10.2. The molecule has 0 saturated heterocycles. The lowest BCUT2D eigenvalue weighted by Gasteiger charge is -2.37. The van der Waals surface area contributed by atoms with Gasteiger partial charge in [0.25, 0.3) is 0 Å². The molecule has 0 fully saturated rings. The Balaban J connectivity index is 1.10. The number of fused-ring (bicyclic) bond motifs is 7. The summed E-state index contributed by atoms with van der Waals surface area (Å²) in [6.07, 6.45) is 2.43. The fourth-order valence-corrected chi connectivity index (χ4v) is 8.15. The van der Waals surface area contributed by atoms with Gasteiger partial charge >= 0.3 is 0 Å². The Labute approximate surface area is 273 Å². The molecule has 1 aromatic heterocycles. The predicted octanol–water partition coefficient (Wildman–Crippen LogP) is 11.8. The molecule has 222 valence electrons. The maximum Gasteiger partial charge on any atom is 0.131 e. The minimum absolute atomic E-state index is 0.0273. The zero-order chi connectivity index (χ0) is 31.1. The van der Waals surface area contributed by atoms with E-state index < -0.39 is 0 Å². The van der Waals surface area contributed by atoms with Crippen LogP contribution in [0.5, 0.6) is 5.75 Å². The molecule has 1 aliphatic heterocycles. The Bertz CT molecular complexity index is 2550. The van der Waals surface area contributed by atoms with Gasteiger partial charge in [-0.15, -0.1) is 0 Å². The summed E-state index contributed by atoms with van der Waals surface area (Å²) < 4.78 is 8.98. The average Bonchev–Trinajstić information content (AvgIpc) is 3.48. The number of nitrogens with zero attached hydrogens (tertiary/aromatic N) is 1. The summed E-state index contributed by atoms with van der Waals surface area (Å²) >= 11 is 0. The second-order valence-corrected chi connectivity index (χ2v) is 12.9. The average molecular weight is 602 g/mol. The highest BCUT2D eigenvalue weighted by molar-refractivity contribution is 6.23. The van der Waals surface area contributed by atoms with Crippen LogP contribution in [0, 0.1) is 5.92 Å². The molecule has 10 rings (SSSR count). The Morgan fingerprint density at radius 2 is 1.17 bits per heavy atom. The summed E-state index contributed by atoms with van der Waals surface area (Å²) in [5.41, 5.74) is 13.7. The lowest BCUT2D eigenvalue weighted by Crippen LogP contribution is -2.24. The zero-order valence-electron chi connectivity index (χ0n) is 26.0. The van der Waals surface area contributed by atoms with Gasteiger partial charge in [0.1, 0.15) is 11.9 Å². The second-order valence-electron chi connectivity index (χ2n) is 12.9. The molecule has 2 nitrogen and oxygen atoms in total. The van der Waals surface area contributed by atoms with Gasteiger partial charge in [-0.05, 0) is 74.5 Å². The third kappa shape index (κ3) is 3.85. The van der Waals surface area contributed by atoms with Gasteiger partial charge in [0.2, 0.25) is 0 Å². The van der Waals surface area contributed by atoms with E-state index in [1.165, 1.54) is 82.8 Å². The standard InChI is InChI=1S/C45H31NO/c1-28-27-39(37-18-10-17-36-34-13-6-8-20-42(34)47-45(28)44(36)37)30-23-21-29(22-24-30)32-15-9-16-35-33(32)25-26-41-43(35)38-14-5-7-19-40(38)46(41)31-11-3-2-4-12-31/h2-28,45H,1H3. The first-order chi connectivity index (χ1) is 23.2. The van der Waals surface area contributed by atoms with E-state index >= 15 is 0 Å². The predicted molar refractivity (Wildman–Crippen MR) is 195 cm³/mol. The topological polar surface area (TPSA) is 14.2 Å². The van der Waals surface area contributed by atoms with E-state index in [4.69, 9.17) is 4.74 Å². The van der Waals surface area contributed by atoms with Crippen LogP contribution >= 0.6 is 0 Å². The van der Waals surface area contributed by atoms with Gasteiger partial charge in [-0.2, -0.15) is 0 Å². The van der Waals surface area contributed by atoms with E-state index in [-0.39, 0.29) is 12.0 Å². The van der Waals surface area contributed by atoms with Crippen LogP contribution in [0.25, 0.3) is 66.1 Å². The molecule has 1 aliphatic carbocycles. The highest BCUT2D eigenvalue weighted by atomic mass is 16.5. The van der Waals surface area contributed by atoms with E-state index in [0.29, 0.717) is 0 Å². The summed E-state index contributed by atoms with van der Waals surface area (Å²) in [5, 5.41) is 5.12. The summed E-state index contributed by atoms with van der Waals surface area (Å²) in [7, 11) is 0. The van der Waals surface area contributed by atoms with E-state index in [9.17, 15) is 0 Å². The van der Waals surface area contributed by atoms with Crippen molar-refractivity contribution in [1.29, 1.82) is 0 Å². The van der Waals surface area contributed by atoms with Gasteiger partial charge in [0.05, 0.1) is 11.0 Å². The lowest BCUT2D eigenvalue weighted by atomic mass is 9.76. The van der Waals surface area contributed by atoms with Crippen molar-refractivity contribution in [3.63, 3.8) is 0 Å².